The average molecular weight is 210 g/mol. The second-order valence-corrected chi connectivity index (χ2v) is 4.32. The van der Waals surface area contributed by atoms with Crippen LogP contribution in [0.4, 0.5) is 0 Å². The standard InChI is InChI=1S/C11H14O4/c1-2-5-13-11-9-7-4-3-6(14-7)8(9)10(12)15-11/h2,6-9,11H,1,3-5H2/t6-,7+,8-,9+,11+/m1/s1. The molecule has 0 unspecified atom stereocenters. The maximum Gasteiger partial charge on any atom is 0.314 e. The first kappa shape index (κ1) is 9.36. The summed E-state index contributed by atoms with van der Waals surface area (Å²) >= 11 is 0. The first-order valence-electron chi connectivity index (χ1n) is 5.39. The predicted octanol–water partition coefficient (Wildman–Crippen LogP) is 0.865. The van der Waals surface area contributed by atoms with Crippen LogP contribution in [-0.4, -0.2) is 31.1 Å². The molecule has 82 valence electrons. The van der Waals surface area contributed by atoms with Crippen LogP contribution in [0.5, 0.6) is 0 Å². The van der Waals surface area contributed by atoms with Crippen molar-refractivity contribution in [2.45, 2.75) is 31.3 Å². The topological polar surface area (TPSA) is 44.8 Å². The molecule has 3 heterocycles. The summed E-state index contributed by atoms with van der Waals surface area (Å²) in [5, 5.41) is 0. The van der Waals surface area contributed by atoms with Crippen molar-refractivity contribution < 1.29 is 19.0 Å². The number of hydrogen-bond donors (Lipinski definition) is 0. The van der Waals surface area contributed by atoms with Crippen molar-refractivity contribution in [1.82, 2.24) is 0 Å². The zero-order valence-corrected chi connectivity index (χ0v) is 8.43. The summed E-state index contributed by atoms with van der Waals surface area (Å²) in [6, 6.07) is 0. The van der Waals surface area contributed by atoms with Crippen LogP contribution in [0, 0.1) is 11.8 Å². The smallest absolute Gasteiger partial charge is 0.314 e. The number of hydrogen-bond acceptors (Lipinski definition) is 4. The molecule has 0 aromatic carbocycles. The van der Waals surface area contributed by atoms with Crippen molar-refractivity contribution in [3.63, 3.8) is 0 Å². The van der Waals surface area contributed by atoms with Gasteiger partial charge in [-0.25, -0.2) is 0 Å². The quantitative estimate of drug-likeness (QED) is 0.512. The summed E-state index contributed by atoms with van der Waals surface area (Å²) in [4.78, 5) is 11.6. The van der Waals surface area contributed by atoms with E-state index in [1.165, 1.54) is 0 Å². The van der Waals surface area contributed by atoms with E-state index in [4.69, 9.17) is 14.2 Å². The summed E-state index contributed by atoms with van der Waals surface area (Å²) in [6.07, 6.45) is 3.47. The molecule has 5 atom stereocenters. The monoisotopic (exact) mass is 210 g/mol. The van der Waals surface area contributed by atoms with Gasteiger partial charge in [-0.05, 0) is 12.8 Å². The van der Waals surface area contributed by atoms with Crippen molar-refractivity contribution in [1.29, 1.82) is 0 Å². The van der Waals surface area contributed by atoms with Gasteiger partial charge in [-0.1, -0.05) is 6.08 Å². The van der Waals surface area contributed by atoms with Crippen molar-refractivity contribution in [2.24, 2.45) is 11.8 Å². The minimum Gasteiger partial charge on any atom is -0.435 e. The highest BCUT2D eigenvalue weighted by Gasteiger charge is 2.61. The number of cyclic esters (lactones) is 1. The summed E-state index contributed by atoms with van der Waals surface area (Å²) in [5.74, 6) is -0.129. The van der Waals surface area contributed by atoms with Crippen LogP contribution in [-0.2, 0) is 19.0 Å². The summed E-state index contributed by atoms with van der Waals surface area (Å²) in [5.41, 5.74) is 0. The van der Waals surface area contributed by atoms with E-state index in [1.54, 1.807) is 6.08 Å². The molecule has 3 aliphatic rings. The predicted molar refractivity (Wildman–Crippen MR) is 50.9 cm³/mol. The molecule has 3 saturated heterocycles. The lowest BCUT2D eigenvalue weighted by molar-refractivity contribution is -0.171. The second-order valence-electron chi connectivity index (χ2n) is 4.32. The molecule has 2 bridgehead atoms. The zero-order valence-electron chi connectivity index (χ0n) is 8.43. The molecule has 3 fully saturated rings. The molecule has 4 nitrogen and oxygen atoms in total. The van der Waals surface area contributed by atoms with Gasteiger partial charge in [0.25, 0.3) is 0 Å². The van der Waals surface area contributed by atoms with Crippen LogP contribution < -0.4 is 0 Å². The zero-order chi connectivity index (χ0) is 10.4. The third-order valence-corrected chi connectivity index (χ3v) is 3.53. The lowest BCUT2D eigenvalue weighted by Gasteiger charge is -2.21. The summed E-state index contributed by atoms with van der Waals surface area (Å²) < 4.78 is 16.4. The Labute approximate surface area is 88.2 Å². The highest BCUT2D eigenvalue weighted by molar-refractivity contribution is 5.76. The van der Waals surface area contributed by atoms with Gasteiger partial charge in [0, 0.05) is 0 Å². The molecule has 0 N–H and O–H groups in total. The third kappa shape index (κ3) is 1.25. The molecule has 0 saturated carbocycles. The van der Waals surface area contributed by atoms with Crippen molar-refractivity contribution in [3.05, 3.63) is 12.7 Å². The Morgan fingerprint density at radius 2 is 2.27 bits per heavy atom. The first-order chi connectivity index (χ1) is 7.31. The Kier molecular flexibility index (Phi) is 2.07. The normalized spacial score (nSPS) is 46.7. The van der Waals surface area contributed by atoms with Gasteiger partial charge < -0.3 is 14.2 Å². The molecule has 15 heavy (non-hydrogen) atoms. The highest BCUT2D eigenvalue weighted by atomic mass is 16.7. The number of esters is 1. The molecule has 0 amide bonds. The Bertz CT molecular complexity index is 301. The van der Waals surface area contributed by atoms with E-state index in [0.717, 1.165) is 12.8 Å². The van der Waals surface area contributed by atoms with Crippen LogP contribution in [0.1, 0.15) is 12.8 Å². The maximum absolute atomic E-state index is 11.6. The first-order valence-corrected chi connectivity index (χ1v) is 5.39. The van der Waals surface area contributed by atoms with Crippen molar-refractivity contribution in [3.8, 4) is 0 Å². The van der Waals surface area contributed by atoms with E-state index < -0.39 is 6.29 Å². The number of carbonyl (C=O) groups excluding carboxylic acids is 1. The summed E-state index contributed by atoms with van der Waals surface area (Å²) in [6.45, 7) is 3.99. The van der Waals surface area contributed by atoms with Crippen molar-refractivity contribution >= 4 is 5.97 Å². The summed E-state index contributed by atoms with van der Waals surface area (Å²) in [7, 11) is 0. The van der Waals surface area contributed by atoms with E-state index >= 15 is 0 Å². The molecule has 0 aromatic heterocycles. The van der Waals surface area contributed by atoms with Gasteiger partial charge in [-0.3, -0.25) is 4.79 Å². The largest absolute Gasteiger partial charge is 0.435 e. The van der Waals surface area contributed by atoms with E-state index in [-0.39, 0.29) is 30.0 Å². The fraction of sp³-hybridized carbons (Fsp3) is 0.727. The van der Waals surface area contributed by atoms with Gasteiger partial charge in [0.2, 0.25) is 6.29 Å². The lowest BCUT2D eigenvalue weighted by atomic mass is 9.81. The van der Waals surface area contributed by atoms with Gasteiger partial charge >= 0.3 is 5.97 Å². The van der Waals surface area contributed by atoms with E-state index in [1.807, 2.05) is 0 Å². The van der Waals surface area contributed by atoms with Gasteiger partial charge in [0.05, 0.1) is 30.7 Å². The van der Waals surface area contributed by atoms with Crippen LogP contribution in [0.3, 0.4) is 0 Å². The Morgan fingerprint density at radius 3 is 3.07 bits per heavy atom. The highest BCUT2D eigenvalue weighted by Crippen LogP contribution is 2.49. The molecular formula is C11H14O4. The molecular weight excluding hydrogens is 196 g/mol. The van der Waals surface area contributed by atoms with Gasteiger partial charge in [-0.15, -0.1) is 6.58 Å². The van der Waals surface area contributed by atoms with Gasteiger partial charge in [0.1, 0.15) is 0 Å². The minimum atomic E-state index is -0.421. The number of rotatable bonds is 3. The van der Waals surface area contributed by atoms with Gasteiger partial charge in [-0.2, -0.15) is 0 Å². The Balaban J connectivity index is 1.77. The Morgan fingerprint density at radius 1 is 1.47 bits per heavy atom. The Hall–Kier alpha value is -0.870. The average Bonchev–Trinajstić information content (AvgIpc) is 2.88. The van der Waals surface area contributed by atoms with Gasteiger partial charge in [0.15, 0.2) is 0 Å². The SMILES string of the molecule is C=CCO[C@H]1OC(=O)[C@H]2[C@@H]1[C@@H]1CC[C@H]2O1. The van der Waals surface area contributed by atoms with Crippen molar-refractivity contribution in [2.75, 3.05) is 6.61 Å². The van der Waals surface area contributed by atoms with Crippen LogP contribution in [0.25, 0.3) is 0 Å². The molecule has 3 aliphatic heterocycles. The minimum absolute atomic E-state index is 0.0739. The third-order valence-electron chi connectivity index (χ3n) is 3.53. The molecule has 0 aliphatic carbocycles. The molecule has 4 heteroatoms. The maximum atomic E-state index is 11.6. The molecule has 0 radical (unpaired) electrons. The fourth-order valence-corrected chi connectivity index (χ4v) is 2.95. The number of carbonyl (C=O) groups is 1. The van der Waals surface area contributed by atoms with Crippen LogP contribution in [0.2, 0.25) is 0 Å². The van der Waals surface area contributed by atoms with Crippen LogP contribution >= 0.6 is 0 Å². The number of fused-ring (bicyclic) bond motifs is 5. The lowest BCUT2D eigenvalue weighted by Crippen LogP contribution is -2.32. The van der Waals surface area contributed by atoms with E-state index in [2.05, 4.69) is 6.58 Å². The van der Waals surface area contributed by atoms with E-state index in [9.17, 15) is 4.79 Å². The molecule has 3 rings (SSSR count). The van der Waals surface area contributed by atoms with E-state index in [0.29, 0.717) is 6.61 Å². The second kappa shape index (κ2) is 3.32. The van der Waals surface area contributed by atoms with Crippen LogP contribution in [0.15, 0.2) is 12.7 Å². The molecule has 0 aromatic rings. The number of ether oxygens (including phenoxy) is 3. The molecule has 0 spiro atoms. The fourth-order valence-electron chi connectivity index (χ4n) is 2.95.